The molecule has 1 saturated heterocycles. The van der Waals surface area contributed by atoms with Crippen LogP contribution in [-0.2, 0) is 0 Å². The number of aromatic nitrogens is 3. The Labute approximate surface area is 180 Å². The number of nitrogens with one attached hydrogen (secondary N) is 2. The van der Waals surface area contributed by atoms with Gasteiger partial charge in [0.15, 0.2) is 0 Å². The number of pyridine rings is 1. The number of nitrogens with zero attached hydrogens (tertiary/aromatic N) is 3. The van der Waals surface area contributed by atoms with Crippen molar-refractivity contribution in [3.63, 3.8) is 0 Å². The van der Waals surface area contributed by atoms with Crippen molar-refractivity contribution in [2.24, 2.45) is 0 Å². The molecule has 0 unspecified atom stereocenters. The second kappa shape index (κ2) is 8.45. The van der Waals surface area contributed by atoms with Crippen LogP contribution < -0.4 is 10.2 Å². The Morgan fingerprint density at radius 3 is 2.59 bits per heavy atom. The van der Waals surface area contributed by atoms with Crippen LogP contribution in [0.3, 0.4) is 0 Å². The zero-order valence-electron chi connectivity index (χ0n) is 16.0. The molecule has 1 fully saturated rings. The zero-order chi connectivity index (χ0) is 18.4. The standard InChI is InChI=1S/C21H20ClN5.ClH.H2O/c1-13-10-18(20-16(25-13)5-6-17-21(20)24-12-23-17)26-14-4-7-19(15(22)11-14)27-8-2-3-9-27;;/h4-7,10-12H,2-3,8-9H2,1H3,(H,23,24)(H,25,26);1H;1H2. The molecule has 6 nitrogen and oxygen atoms in total. The van der Waals surface area contributed by atoms with E-state index in [0.717, 1.165) is 62.8 Å². The zero-order valence-corrected chi connectivity index (χ0v) is 17.6. The van der Waals surface area contributed by atoms with Crippen LogP contribution >= 0.6 is 24.0 Å². The Morgan fingerprint density at radius 2 is 1.83 bits per heavy atom. The average molecular weight is 432 g/mol. The van der Waals surface area contributed by atoms with E-state index < -0.39 is 0 Å². The number of imidazole rings is 1. The van der Waals surface area contributed by atoms with Gasteiger partial charge in [-0.1, -0.05) is 11.6 Å². The van der Waals surface area contributed by atoms with Gasteiger partial charge < -0.3 is 20.7 Å². The van der Waals surface area contributed by atoms with E-state index in [-0.39, 0.29) is 17.9 Å². The topological polar surface area (TPSA) is 88.3 Å². The van der Waals surface area contributed by atoms with E-state index in [0.29, 0.717) is 0 Å². The predicted octanol–water partition coefficient (Wildman–Crippen LogP) is 5.01. The number of anilines is 3. The second-order valence-corrected chi connectivity index (χ2v) is 7.46. The molecule has 0 aliphatic carbocycles. The number of hydrogen-bond acceptors (Lipinski definition) is 4. The van der Waals surface area contributed by atoms with Crippen molar-refractivity contribution in [2.75, 3.05) is 23.3 Å². The molecule has 1 aliphatic rings. The molecule has 3 heterocycles. The number of hydrogen-bond donors (Lipinski definition) is 2. The van der Waals surface area contributed by atoms with Crippen LogP contribution in [0.15, 0.2) is 42.7 Å². The van der Waals surface area contributed by atoms with E-state index in [2.05, 4.69) is 43.4 Å². The van der Waals surface area contributed by atoms with Crippen LogP contribution in [-0.4, -0.2) is 33.5 Å². The maximum atomic E-state index is 6.59. The first-order valence-corrected chi connectivity index (χ1v) is 9.62. The number of aryl methyl sites for hydroxylation is 1. The lowest BCUT2D eigenvalue weighted by Gasteiger charge is -2.20. The molecule has 2 aromatic carbocycles. The van der Waals surface area contributed by atoms with Crippen LogP contribution in [0.2, 0.25) is 5.02 Å². The summed E-state index contributed by atoms with van der Waals surface area (Å²) < 4.78 is 0. The summed E-state index contributed by atoms with van der Waals surface area (Å²) in [6.45, 7) is 4.17. The number of halogens is 2. The molecule has 0 amide bonds. The van der Waals surface area contributed by atoms with Gasteiger partial charge >= 0.3 is 0 Å². The van der Waals surface area contributed by atoms with Crippen molar-refractivity contribution in [3.05, 3.63) is 53.4 Å². The van der Waals surface area contributed by atoms with Gasteiger partial charge in [0.2, 0.25) is 0 Å². The highest BCUT2D eigenvalue weighted by atomic mass is 35.5. The van der Waals surface area contributed by atoms with Gasteiger partial charge in [-0.15, -0.1) is 12.4 Å². The van der Waals surface area contributed by atoms with Crippen LogP contribution in [0, 0.1) is 6.92 Å². The normalized spacial score (nSPS) is 13.4. The third-order valence-electron chi connectivity index (χ3n) is 5.17. The van der Waals surface area contributed by atoms with E-state index in [1.165, 1.54) is 12.8 Å². The SMILES string of the molecule is Cc1cc(Nc2ccc(N3CCCC3)c(Cl)c2)c2c(ccc3nc[nH]c32)n1.Cl.O. The number of fused-ring (bicyclic) bond motifs is 3. The van der Waals surface area contributed by atoms with Crippen molar-refractivity contribution in [3.8, 4) is 0 Å². The van der Waals surface area contributed by atoms with Gasteiger partial charge in [0.25, 0.3) is 0 Å². The molecule has 0 spiro atoms. The van der Waals surface area contributed by atoms with Crippen molar-refractivity contribution < 1.29 is 5.48 Å². The van der Waals surface area contributed by atoms with E-state index >= 15 is 0 Å². The van der Waals surface area contributed by atoms with E-state index in [4.69, 9.17) is 11.6 Å². The lowest BCUT2D eigenvalue weighted by Crippen LogP contribution is -2.17. The van der Waals surface area contributed by atoms with Crippen LogP contribution in [0.4, 0.5) is 17.1 Å². The summed E-state index contributed by atoms with van der Waals surface area (Å²) in [5.74, 6) is 0. The fourth-order valence-corrected chi connectivity index (χ4v) is 4.22. The minimum Gasteiger partial charge on any atom is -0.412 e. The Balaban J connectivity index is 0.00000120. The van der Waals surface area contributed by atoms with Crippen molar-refractivity contribution in [1.29, 1.82) is 0 Å². The molecule has 8 heteroatoms. The minimum absolute atomic E-state index is 0. The summed E-state index contributed by atoms with van der Waals surface area (Å²) in [6, 6.07) is 12.3. The third-order valence-corrected chi connectivity index (χ3v) is 5.47. The summed E-state index contributed by atoms with van der Waals surface area (Å²) in [5.41, 5.74) is 6.90. The summed E-state index contributed by atoms with van der Waals surface area (Å²) in [7, 11) is 0. The van der Waals surface area contributed by atoms with Gasteiger partial charge in [0.05, 0.1) is 39.3 Å². The molecule has 0 radical (unpaired) electrons. The van der Waals surface area contributed by atoms with Crippen molar-refractivity contribution in [1.82, 2.24) is 15.0 Å². The first kappa shape index (κ1) is 21.2. The fraction of sp³-hybridized carbons (Fsp3) is 0.238. The van der Waals surface area contributed by atoms with Crippen molar-refractivity contribution >= 4 is 63.0 Å². The Bertz CT molecular complexity index is 1150. The van der Waals surface area contributed by atoms with Gasteiger partial charge in [-0.05, 0) is 56.2 Å². The first-order valence-electron chi connectivity index (χ1n) is 9.24. The lowest BCUT2D eigenvalue weighted by molar-refractivity contribution is 0.824. The molecule has 1 aliphatic heterocycles. The summed E-state index contributed by atoms with van der Waals surface area (Å²) >= 11 is 6.59. The number of aromatic amines is 1. The summed E-state index contributed by atoms with van der Waals surface area (Å²) in [5, 5.41) is 5.36. The molecule has 29 heavy (non-hydrogen) atoms. The largest absolute Gasteiger partial charge is 0.412 e. The Kier molecular flexibility index (Phi) is 6.17. The monoisotopic (exact) mass is 431 g/mol. The molecule has 5 rings (SSSR count). The van der Waals surface area contributed by atoms with Crippen molar-refractivity contribution in [2.45, 2.75) is 19.8 Å². The third kappa shape index (κ3) is 3.83. The molecule has 4 N–H and O–H groups in total. The smallest absolute Gasteiger partial charge is 0.0932 e. The molecule has 4 aromatic rings. The van der Waals surface area contributed by atoms with E-state index in [1.807, 2.05) is 25.1 Å². The van der Waals surface area contributed by atoms with Gasteiger partial charge in [0, 0.05) is 29.9 Å². The Morgan fingerprint density at radius 1 is 1.07 bits per heavy atom. The van der Waals surface area contributed by atoms with E-state index in [9.17, 15) is 0 Å². The maximum Gasteiger partial charge on any atom is 0.0932 e. The highest BCUT2D eigenvalue weighted by molar-refractivity contribution is 6.33. The number of rotatable bonds is 3. The highest BCUT2D eigenvalue weighted by Crippen LogP contribution is 2.35. The number of H-pyrrole nitrogens is 1. The lowest BCUT2D eigenvalue weighted by atomic mass is 10.1. The van der Waals surface area contributed by atoms with Crippen LogP contribution in [0.5, 0.6) is 0 Å². The van der Waals surface area contributed by atoms with Gasteiger partial charge in [-0.25, -0.2) is 4.98 Å². The molecular formula is C21H23Cl2N5O. The summed E-state index contributed by atoms with van der Waals surface area (Å²) in [4.78, 5) is 14.6. The van der Waals surface area contributed by atoms with Crippen LogP contribution in [0.25, 0.3) is 21.9 Å². The van der Waals surface area contributed by atoms with Crippen LogP contribution in [0.1, 0.15) is 18.5 Å². The van der Waals surface area contributed by atoms with E-state index in [1.54, 1.807) is 6.33 Å². The van der Waals surface area contributed by atoms with Gasteiger partial charge in [-0.2, -0.15) is 0 Å². The second-order valence-electron chi connectivity index (χ2n) is 7.05. The predicted molar refractivity (Wildman–Crippen MR) is 123 cm³/mol. The average Bonchev–Trinajstić information content (AvgIpc) is 3.33. The molecule has 2 aromatic heterocycles. The minimum atomic E-state index is 0. The molecule has 152 valence electrons. The number of benzene rings is 2. The maximum absolute atomic E-state index is 6.59. The van der Waals surface area contributed by atoms with Gasteiger partial charge in [0.1, 0.15) is 0 Å². The quantitative estimate of drug-likeness (QED) is 0.476. The first-order chi connectivity index (χ1) is 13.2. The molecular weight excluding hydrogens is 409 g/mol. The molecule has 0 saturated carbocycles. The van der Waals surface area contributed by atoms with Gasteiger partial charge in [-0.3, -0.25) is 4.98 Å². The molecule has 0 atom stereocenters. The summed E-state index contributed by atoms with van der Waals surface area (Å²) in [6.07, 6.45) is 4.19. The Hall–Kier alpha value is -2.54. The molecule has 0 bridgehead atoms. The highest BCUT2D eigenvalue weighted by Gasteiger charge is 2.16. The fourth-order valence-electron chi connectivity index (χ4n) is 3.92.